The van der Waals surface area contributed by atoms with E-state index in [4.69, 9.17) is 0 Å². The van der Waals surface area contributed by atoms with Gasteiger partial charge in [0.1, 0.15) is 0 Å². The largest absolute Gasteiger partial charge is 0.336 e. The lowest BCUT2D eigenvalue weighted by atomic mass is 10.1. The summed E-state index contributed by atoms with van der Waals surface area (Å²) < 4.78 is 0. The SMILES string of the molecule is O=[C]NNC(=O)N1CCCCC1. The topological polar surface area (TPSA) is 61.4 Å². The molecule has 5 nitrogen and oxygen atoms in total. The lowest BCUT2D eigenvalue weighted by Gasteiger charge is -2.26. The molecule has 0 saturated carbocycles. The Labute approximate surface area is 71.1 Å². The summed E-state index contributed by atoms with van der Waals surface area (Å²) in [6.45, 7) is 1.54. The Bertz CT molecular complexity index is 166. The standard InChI is InChI=1S/C7H12N3O2/c11-6-8-9-7(12)10-4-2-1-3-5-10/h1-5H2,(H,8,11)(H,9,12). The van der Waals surface area contributed by atoms with Crippen molar-refractivity contribution >= 4 is 12.4 Å². The van der Waals surface area contributed by atoms with Crippen molar-refractivity contribution in [3.63, 3.8) is 0 Å². The summed E-state index contributed by atoms with van der Waals surface area (Å²) >= 11 is 0. The van der Waals surface area contributed by atoms with Gasteiger partial charge in [0.15, 0.2) is 0 Å². The fraction of sp³-hybridized carbons (Fsp3) is 0.714. The summed E-state index contributed by atoms with van der Waals surface area (Å²) in [7, 11) is 0. The van der Waals surface area contributed by atoms with Gasteiger partial charge in [-0.05, 0) is 19.3 Å². The average molecular weight is 170 g/mol. The van der Waals surface area contributed by atoms with Crippen LogP contribution in [0, 0.1) is 0 Å². The van der Waals surface area contributed by atoms with Crippen LogP contribution in [0.1, 0.15) is 19.3 Å². The molecule has 0 unspecified atom stereocenters. The third-order valence-corrected chi connectivity index (χ3v) is 1.86. The molecule has 0 aromatic heterocycles. The van der Waals surface area contributed by atoms with Gasteiger partial charge in [-0.15, -0.1) is 0 Å². The van der Waals surface area contributed by atoms with E-state index in [1.165, 1.54) is 12.8 Å². The number of carbonyl (C=O) groups excluding carboxylic acids is 2. The number of nitrogens with one attached hydrogen (secondary N) is 2. The summed E-state index contributed by atoms with van der Waals surface area (Å²) in [6, 6.07) is -0.252. The Morgan fingerprint density at radius 3 is 2.50 bits per heavy atom. The Hall–Kier alpha value is -1.26. The van der Waals surface area contributed by atoms with E-state index in [0.717, 1.165) is 25.9 Å². The molecule has 12 heavy (non-hydrogen) atoms. The molecule has 0 bridgehead atoms. The van der Waals surface area contributed by atoms with Crippen molar-refractivity contribution < 1.29 is 9.59 Å². The van der Waals surface area contributed by atoms with Crippen LogP contribution in [0.15, 0.2) is 0 Å². The first-order valence-electron chi connectivity index (χ1n) is 4.01. The predicted molar refractivity (Wildman–Crippen MR) is 42.8 cm³/mol. The smallest absolute Gasteiger partial charge is 0.323 e. The number of hydrazine groups is 1. The van der Waals surface area contributed by atoms with E-state index in [1.54, 1.807) is 4.90 Å². The van der Waals surface area contributed by atoms with Crippen LogP contribution >= 0.6 is 0 Å². The van der Waals surface area contributed by atoms with Crippen molar-refractivity contribution in [3.05, 3.63) is 0 Å². The second kappa shape index (κ2) is 4.58. The number of urea groups is 1. The maximum absolute atomic E-state index is 11.1. The number of rotatable bonds is 2. The number of hydrogen-bond acceptors (Lipinski definition) is 2. The second-order valence-electron chi connectivity index (χ2n) is 2.70. The van der Waals surface area contributed by atoms with E-state index in [-0.39, 0.29) is 6.03 Å². The van der Waals surface area contributed by atoms with Crippen molar-refractivity contribution in [2.75, 3.05) is 13.1 Å². The molecule has 5 heteroatoms. The lowest BCUT2D eigenvalue weighted by Crippen LogP contribution is -2.47. The molecule has 0 spiro atoms. The van der Waals surface area contributed by atoms with Gasteiger partial charge in [0.2, 0.25) is 0 Å². The van der Waals surface area contributed by atoms with Gasteiger partial charge in [0, 0.05) is 13.1 Å². The van der Waals surface area contributed by atoms with Crippen LogP contribution in [0.4, 0.5) is 4.79 Å². The molecular formula is C7H12N3O2. The highest BCUT2D eigenvalue weighted by molar-refractivity contribution is 5.75. The molecule has 1 heterocycles. The maximum atomic E-state index is 11.1. The zero-order chi connectivity index (χ0) is 8.81. The number of amides is 3. The second-order valence-corrected chi connectivity index (χ2v) is 2.70. The molecule has 0 aromatic rings. The Kier molecular flexibility index (Phi) is 3.37. The first-order valence-corrected chi connectivity index (χ1v) is 4.01. The Balaban J connectivity index is 2.24. The minimum Gasteiger partial charge on any atom is -0.323 e. The predicted octanol–water partition coefficient (Wildman–Crippen LogP) is -0.246. The van der Waals surface area contributed by atoms with Crippen molar-refractivity contribution in [2.24, 2.45) is 0 Å². The van der Waals surface area contributed by atoms with E-state index in [9.17, 15) is 9.59 Å². The van der Waals surface area contributed by atoms with Crippen LogP contribution in [0.2, 0.25) is 0 Å². The maximum Gasteiger partial charge on any atom is 0.336 e. The third-order valence-electron chi connectivity index (χ3n) is 1.86. The highest BCUT2D eigenvalue weighted by atomic mass is 16.2. The van der Waals surface area contributed by atoms with Crippen molar-refractivity contribution in [2.45, 2.75) is 19.3 Å². The van der Waals surface area contributed by atoms with Gasteiger partial charge < -0.3 is 4.90 Å². The van der Waals surface area contributed by atoms with E-state index >= 15 is 0 Å². The molecule has 0 atom stereocenters. The third kappa shape index (κ3) is 2.41. The molecule has 1 radical (unpaired) electrons. The van der Waals surface area contributed by atoms with Crippen LogP contribution in [-0.2, 0) is 4.79 Å². The van der Waals surface area contributed by atoms with E-state index in [1.807, 2.05) is 5.43 Å². The molecule has 2 N–H and O–H groups in total. The minimum absolute atomic E-state index is 0.252. The molecule has 1 saturated heterocycles. The molecule has 0 aromatic carbocycles. The zero-order valence-corrected chi connectivity index (χ0v) is 6.80. The minimum atomic E-state index is -0.252. The normalized spacial score (nSPS) is 16.8. The van der Waals surface area contributed by atoms with E-state index < -0.39 is 0 Å². The van der Waals surface area contributed by atoms with Crippen LogP contribution in [0.25, 0.3) is 0 Å². The quantitative estimate of drug-likeness (QED) is 0.443. The number of likely N-dealkylation sites (tertiary alicyclic amines) is 1. The molecular weight excluding hydrogens is 158 g/mol. The summed E-state index contributed by atoms with van der Waals surface area (Å²) in [6.07, 6.45) is 4.64. The Morgan fingerprint density at radius 2 is 1.92 bits per heavy atom. The summed E-state index contributed by atoms with van der Waals surface area (Å²) in [5.41, 5.74) is 4.21. The highest BCUT2D eigenvalue weighted by Crippen LogP contribution is 2.07. The van der Waals surface area contributed by atoms with Gasteiger partial charge in [-0.25, -0.2) is 10.2 Å². The highest BCUT2D eigenvalue weighted by Gasteiger charge is 2.15. The van der Waals surface area contributed by atoms with Gasteiger partial charge in [-0.2, -0.15) is 0 Å². The van der Waals surface area contributed by atoms with Gasteiger partial charge >= 0.3 is 12.4 Å². The van der Waals surface area contributed by atoms with Gasteiger partial charge in [0.25, 0.3) is 0 Å². The van der Waals surface area contributed by atoms with E-state index in [2.05, 4.69) is 5.43 Å². The van der Waals surface area contributed by atoms with Gasteiger partial charge in [-0.1, -0.05) is 0 Å². The number of piperidine rings is 1. The van der Waals surface area contributed by atoms with Crippen molar-refractivity contribution in [1.29, 1.82) is 0 Å². The summed E-state index contributed by atoms with van der Waals surface area (Å²) in [5.74, 6) is 0. The fourth-order valence-electron chi connectivity index (χ4n) is 1.26. The average Bonchev–Trinajstić information content (AvgIpc) is 2.15. The molecule has 1 aliphatic heterocycles. The van der Waals surface area contributed by atoms with Gasteiger partial charge in [0.05, 0.1) is 0 Å². The van der Waals surface area contributed by atoms with Crippen LogP contribution < -0.4 is 10.9 Å². The van der Waals surface area contributed by atoms with Crippen molar-refractivity contribution in [3.8, 4) is 0 Å². The van der Waals surface area contributed by atoms with E-state index in [0.29, 0.717) is 0 Å². The molecule has 3 amide bonds. The summed E-state index contributed by atoms with van der Waals surface area (Å²) in [4.78, 5) is 22.5. The van der Waals surface area contributed by atoms with Crippen LogP contribution in [-0.4, -0.2) is 30.4 Å². The molecule has 1 rings (SSSR count). The molecule has 67 valence electrons. The van der Waals surface area contributed by atoms with Gasteiger partial charge in [-0.3, -0.25) is 10.2 Å². The lowest BCUT2D eigenvalue weighted by molar-refractivity contribution is 0.184. The Morgan fingerprint density at radius 1 is 1.25 bits per heavy atom. The number of carbonyl (C=O) groups is 1. The molecule has 1 aliphatic rings. The zero-order valence-electron chi connectivity index (χ0n) is 6.80. The number of nitrogens with zero attached hydrogens (tertiary/aromatic N) is 1. The monoisotopic (exact) mass is 170 g/mol. The van der Waals surface area contributed by atoms with Crippen molar-refractivity contribution in [1.82, 2.24) is 15.8 Å². The number of hydrogen-bond donors (Lipinski definition) is 2. The van der Waals surface area contributed by atoms with Crippen LogP contribution in [0.5, 0.6) is 0 Å². The molecule has 0 aliphatic carbocycles. The molecule has 1 fully saturated rings. The first-order chi connectivity index (χ1) is 5.84. The first kappa shape index (κ1) is 8.83. The fourth-order valence-corrected chi connectivity index (χ4v) is 1.26. The van der Waals surface area contributed by atoms with Crippen LogP contribution in [0.3, 0.4) is 0 Å². The summed E-state index contributed by atoms with van der Waals surface area (Å²) in [5, 5.41) is 0.